The molecule has 0 aliphatic heterocycles. The van der Waals surface area contributed by atoms with Crippen molar-refractivity contribution in [2.45, 2.75) is 83.3 Å². The molecule has 1 aromatic rings. The molecule has 8 heteroatoms. The number of nitrogens with zero attached hydrogens (tertiary/aromatic N) is 1. The summed E-state index contributed by atoms with van der Waals surface area (Å²) in [4.78, 5) is 22.2. The molecule has 30 heavy (non-hydrogen) atoms. The molecule has 2 atom stereocenters. The van der Waals surface area contributed by atoms with Gasteiger partial charge in [0.1, 0.15) is 6.10 Å². The van der Waals surface area contributed by atoms with Gasteiger partial charge in [-0.2, -0.15) is 0 Å². The molecule has 0 heterocycles. The lowest BCUT2D eigenvalue weighted by Gasteiger charge is -2.22. The van der Waals surface area contributed by atoms with Crippen LogP contribution in [-0.4, -0.2) is 40.4 Å². The zero-order valence-electron chi connectivity index (χ0n) is 18.0. The maximum absolute atomic E-state index is 12.0. The molecule has 0 unspecified atom stereocenters. The highest BCUT2D eigenvalue weighted by Gasteiger charge is 2.22. The number of nitrogens with one attached hydrogen (secondary N) is 2. The Balaban J connectivity index is 2.20. The third-order valence-electron chi connectivity index (χ3n) is 5.16. The van der Waals surface area contributed by atoms with Crippen LogP contribution in [-0.2, 0) is 0 Å². The third kappa shape index (κ3) is 10.5. The van der Waals surface area contributed by atoms with Crippen molar-refractivity contribution in [1.82, 2.24) is 10.6 Å². The number of nitro groups is 1. The first-order chi connectivity index (χ1) is 14.5. The quantitative estimate of drug-likeness (QED) is 0.180. The van der Waals surface area contributed by atoms with Gasteiger partial charge in [-0.3, -0.25) is 10.1 Å². The standard InChI is InChI=1S/C22H37N3O5/c1-2-3-4-5-6-7-8-9-10-11-16-23-22(28)24-20(17-26)21(27)18-12-14-19(15-13-18)25(29)30/h12-15,20-21,26-27H,2-11,16-17H2,1H3,(H2,23,24,28)/t20-,21+/m0/s1. The number of non-ortho nitro benzene ring substituents is 1. The fourth-order valence-electron chi connectivity index (χ4n) is 3.28. The second kappa shape index (κ2) is 15.6. The Morgan fingerprint density at radius 3 is 2.03 bits per heavy atom. The molecule has 0 fully saturated rings. The molecule has 4 N–H and O–H groups in total. The highest BCUT2D eigenvalue weighted by molar-refractivity contribution is 5.74. The summed E-state index contributed by atoms with van der Waals surface area (Å²) in [6.45, 7) is 2.30. The minimum absolute atomic E-state index is 0.0892. The van der Waals surface area contributed by atoms with Crippen LogP contribution in [0.5, 0.6) is 0 Å². The van der Waals surface area contributed by atoms with Gasteiger partial charge in [-0.15, -0.1) is 0 Å². The van der Waals surface area contributed by atoms with E-state index in [9.17, 15) is 25.1 Å². The largest absolute Gasteiger partial charge is 0.394 e. The number of hydrogen-bond donors (Lipinski definition) is 4. The third-order valence-corrected chi connectivity index (χ3v) is 5.16. The average molecular weight is 424 g/mol. The van der Waals surface area contributed by atoms with Crippen LogP contribution in [0.2, 0.25) is 0 Å². The van der Waals surface area contributed by atoms with Crippen molar-refractivity contribution < 1.29 is 19.9 Å². The molecular weight excluding hydrogens is 386 g/mol. The van der Waals surface area contributed by atoms with E-state index in [0.717, 1.165) is 19.3 Å². The number of urea groups is 1. The number of unbranched alkanes of at least 4 members (excludes halogenated alkanes) is 9. The van der Waals surface area contributed by atoms with Crippen molar-refractivity contribution in [1.29, 1.82) is 0 Å². The van der Waals surface area contributed by atoms with E-state index in [2.05, 4.69) is 17.6 Å². The summed E-state index contributed by atoms with van der Waals surface area (Å²) < 4.78 is 0. The van der Waals surface area contributed by atoms with E-state index in [4.69, 9.17) is 0 Å². The van der Waals surface area contributed by atoms with E-state index in [0.29, 0.717) is 12.1 Å². The molecule has 0 spiro atoms. The topological polar surface area (TPSA) is 125 Å². The lowest BCUT2D eigenvalue weighted by molar-refractivity contribution is -0.384. The van der Waals surface area contributed by atoms with Gasteiger partial charge < -0.3 is 20.8 Å². The minimum atomic E-state index is -1.17. The molecular formula is C22H37N3O5. The van der Waals surface area contributed by atoms with Crippen molar-refractivity contribution >= 4 is 11.7 Å². The van der Waals surface area contributed by atoms with Crippen LogP contribution in [0.15, 0.2) is 24.3 Å². The summed E-state index contributed by atoms with van der Waals surface area (Å²) in [6.07, 6.45) is 11.0. The van der Waals surface area contributed by atoms with Crippen LogP contribution in [0.3, 0.4) is 0 Å². The summed E-state index contributed by atoms with van der Waals surface area (Å²) in [6, 6.07) is 4.02. The molecule has 2 amide bonds. The van der Waals surface area contributed by atoms with Crippen molar-refractivity contribution in [3.05, 3.63) is 39.9 Å². The number of carbonyl (C=O) groups excluding carboxylic acids is 1. The number of amides is 2. The number of aliphatic hydroxyl groups is 2. The second-order valence-corrected chi connectivity index (χ2v) is 7.66. The predicted octanol–water partition coefficient (Wildman–Crippen LogP) is 4.21. The summed E-state index contributed by atoms with van der Waals surface area (Å²) in [5.74, 6) is 0. The Labute approximate surface area is 179 Å². The molecule has 1 rings (SSSR count). The van der Waals surface area contributed by atoms with Gasteiger partial charge in [0.2, 0.25) is 0 Å². The first-order valence-electron chi connectivity index (χ1n) is 11.1. The van der Waals surface area contributed by atoms with E-state index < -0.39 is 29.7 Å². The molecule has 0 aromatic heterocycles. The van der Waals surface area contributed by atoms with Crippen molar-refractivity contribution in [3.8, 4) is 0 Å². The fourth-order valence-corrected chi connectivity index (χ4v) is 3.28. The summed E-state index contributed by atoms with van der Waals surface area (Å²) in [7, 11) is 0. The van der Waals surface area contributed by atoms with Gasteiger partial charge in [0.25, 0.3) is 5.69 Å². The predicted molar refractivity (Wildman–Crippen MR) is 117 cm³/mol. The minimum Gasteiger partial charge on any atom is -0.394 e. The molecule has 0 bridgehead atoms. The monoisotopic (exact) mass is 423 g/mol. The number of nitro benzene ring substituents is 1. The van der Waals surface area contributed by atoms with E-state index in [-0.39, 0.29) is 5.69 Å². The fraction of sp³-hybridized carbons (Fsp3) is 0.682. The van der Waals surface area contributed by atoms with Crippen molar-refractivity contribution in [3.63, 3.8) is 0 Å². The molecule has 0 aliphatic rings. The molecule has 0 aliphatic carbocycles. The van der Waals surface area contributed by atoms with E-state index in [1.807, 2.05) is 0 Å². The van der Waals surface area contributed by atoms with Crippen LogP contribution in [0.25, 0.3) is 0 Å². The van der Waals surface area contributed by atoms with E-state index >= 15 is 0 Å². The summed E-state index contributed by atoms with van der Waals surface area (Å²) in [5.41, 5.74) is 0.295. The molecule has 0 saturated heterocycles. The van der Waals surface area contributed by atoms with Crippen molar-refractivity contribution in [2.24, 2.45) is 0 Å². The van der Waals surface area contributed by atoms with Gasteiger partial charge in [-0.1, -0.05) is 64.7 Å². The van der Waals surface area contributed by atoms with E-state index in [1.54, 1.807) is 0 Å². The number of carbonyl (C=O) groups is 1. The van der Waals surface area contributed by atoms with E-state index in [1.165, 1.54) is 69.2 Å². The zero-order chi connectivity index (χ0) is 22.2. The van der Waals surface area contributed by atoms with Crippen LogP contribution in [0, 0.1) is 10.1 Å². The highest BCUT2D eigenvalue weighted by atomic mass is 16.6. The van der Waals surface area contributed by atoms with Crippen LogP contribution < -0.4 is 10.6 Å². The zero-order valence-corrected chi connectivity index (χ0v) is 18.0. The molecule has 0 saturated carbocycles. The summed E-state index contributed by atoms with van der Waals surface area (Å²) in [5, 5.41) is 35.8. The lowest BCUT2D eigenvalue weighted by Crippen LogP contribution is -2.47. The Morgan fingerprint density at radius 2 is 1.53 bits per heavy atom. The smallest absolute Gasteiger partial charge is 0.315 e. The van der Waals surface area contributed by atoms with Gasteiger partial charge in [-0.25, -0.2) is 4.79 Å². The van der Waals surface area contributed by atoms with Gasteiger partial charge in [0.15, 0.2) is 0 Å². The average Bonchev–Trinajstić information content (AvgIpc) is 2.75. The normalized spacial score (nSPS) is 12.9. The van der Waals surface area contributed by atoms with Gasteiger partial charge in [0, 0.05) is 18.7 Å². The Morgan fingerprint density at radius 1 is 1.00 bits per heavy atom. The molecule has 0 radical (unpaired) electrons. The molecule has 1 aromatic carbocycles. The molecule has 170 valence electrons. The second-order valence-electron chi connectivity index (χ2n) is 7.66. The Hall–Kier alpha value is -2.19. The number of aliphatic hydroxyl groups excluding tert-OH is 2. The highest BCUT2D eigenvalue weighted by Crippen LogP contribution is 2.20. The first kappa shape index (κ1) is 25.8. The Kier molecular flexibility index (Phi) is 13.5. The van der Waals surface area contributed by atoms with Gasteiger partial charge in [-0.05, 0) is 24.1 Å². The number of benzene rings is 1. The van der Waals surface area contributed by atoms with Gasteiger partial charge in [0.05, 0.1) is 17.6 Å². The van der Waals surface area contributed by atoms with Crippen molar-refractivity contribution in [2.75, 3.05) is 13.2 Å². The maximum Gasteiger partial charge on any atom is 0.315 e. The SMILES string of the molecule is CCCCCCCCCCCCNC(=O)N[C@@H](CO)[C@H](O)c1ccc([N+](=O)[O-])cc1. The lowest BCUT2D eigenvalue weighted by atomic mass is 10.0. The van der Waals surface area contributed by atoms with Crippen LogP contribution in [0.1, 0.15) is 82.8 Å². The molecule has 8 nitrogen and oxygen atoms in total. The van der Waals surface area contributed by atoms with Gasteiger partial charge >= 0.3 is 6.03 Å². The van der Waals surface area contributed by atoms with Crippen LogP contribution in [0.4, 0.5) is 10.5 Å². The Bertz CT molecular complexity index is 609. The first-order valence-corrected chi connectivity index (χ1v) is 11.1. The summed E-state index contributed by atoms with van der Waals surface area (Å²) >= 11 is 0. The number of hydrogen-bond acceptors (Lipinski definition) is 5. The number of rotatable bonds is 16. The maximum atomic E-state index is 12.0. The van der Waals surface area contributed by atoms with Crippen LogP contribution >= 0.6 is 0 Å².